The van der Waals surface area contributed by atoms with Gasteiger partial charge in [-0.15, -0.1) is 0 Å². The van der Waals surface area contributed by atoms with Gasteiger partial charge in [0.1, 0.15) is 0 Å². The molecule has 0 unspecified atom stereocenters. The van der Waals surface area contributed by atoms with Crippen LogP contribution in [0.25, 0.3) is 0 Å². The van der Waals surface area contributed by atoms with Gasteiger partial charge in [0.2, 0.25) is 0 Å². The van der Waals surface area contributed by atoms with Crippen LogP contribution in [-0.2, 0) is 19.6 Å². The molecule has 2 heterocycles. The molecule has 0 radical (unpaired) electrons. The van der Waals surface area contributed by atoms with Gasteiger partial charge in [-0.2, -0.15) is 0 Å². The summed E-state index contributed by atoms with van der Waals surface area (Å²) in [4.78, 5) is 2.57. The Bertz CT molecular complexity index is 394. The van der Waals surface area contributed by atoms with E-state index < -0.39 is 0 Å². The summed E-state index contributed by atoms with van der Waals surface area (Å²) in [7, 11) is 0. The fourth-order valence-electron chi connectivity index (χ4n) is 3.10. The van der Waals surface area contributed by atoms with Gasteiger partial charge < -0.3 is 5.32 Å². The molecular formula is C15H22N2. The minimum absolute atomic E-state index is 0.969. The van der Waals surface area contributed by atoms with E-state index in [-0.39, 0.29) is 0 Å². The largest absolute Gasteiger partial charge is 0.309 e. The van der Waals surface area contributed by atoms with Crippen LogP contribution in [0.1, 0.15) is 36.5 Å². The summed E-state index contributed by atoms with van der Waals surface area (Å²) in [5.74, 6) is 0.969. The lowest BCUT2D eigenvalue weighted by Gasteiger charge is -2.39. The average molecular weight is 230 g/mol. The molecule has 0 spiro atoms. The maximum Gasteiger partial charge on any atom is 0.0234 e. The van der Waals surface area contributed by atoms with Crippen molar-refractivity contribution in [2.45, 2.75) is 39.4 Å². The van der Waals surface area contributed by atoms with Crippen molar-refractivity contribution in [2.24, 2.45) is 5.92 Å². The van der Waals surface area contributed by atoms with E-state index in [0.717, 1.165) is 25.6 Å². The van der Waals surface area contributed by atoms with Crippen LogP contribution in [0.4, 0.5) is 0 Å². The predicted octanol–water partition coefficient (Wildman–Crippen LogP) is 2.52. The Hall–Kier alpha value is -0.860. The fraction of sp³-hybridized carbons (Fsp3) is 0.600. The number of likely N-dealkylation sites (tertiary alicyclic amines) is 1. The molecule has 1 N–H and O–H groups in total. The monoisotopic (exact) mass is 230 g/mol. The quantitative estimate of drug-likeness (QED) is 0.855. The summed E-state index contributed by atoms with van der Waals surface area (Å²) < 4.78 is 0. The van der Waals surface area contributed by atoms with Crippen LogP contribution in [0.3, 0.4) is 0 Å². The first kappa shape index (κ1) is 11.2. The highest BCUT2D eigenvalue weighted by Crippen LogP contribution is 2.24. The van der Waals surface area contributed by atoms with Gasteiger partial charge in [-0.1, -0.05) is 31.5 Å². The molecule has 1 fully saturated rings. The summed E-state index contributed by atoms with van der Waals surface area (Å²) >= 11 is 0. The second-order valence-corrected chi connectivity index (χ2v) is 5.56. The van der Waals surface area contributed by atoms with E-state index in [0.29, 0.717) is 0 Å². The highest BCUT2D eigenvalue weighted by Gasteiger charge is 2.25. The minimum Gasteiger partial charge on any atom is -0.309 e. The van der Waals surface area contributed by atoms with Crippen molar-refractivity contribution < 1.29 is 0 Å². The van der Waals surface area contributed by atoms with Crippen molar-refractivity contribution in [2.75, 3.05) is 13.1 Å². The number of hydrogen-bond donors (Lipinski definition) is 1. The van der Waals surface area contributed by atoms with E-state index in [2.05, 4.69) is 35.3 Å². The van der Waals surface area contributed by atoms with Gasteiger partial charge in [0.05, 0.1) is 0 Å². The van der Waals surface area contributed by atoms with Crippen LogP contribution in [0.15, 0.2) is 18.2 Å². The van der Waals surface area contributed by atoms with Gasteiger partial charge in [0.25, 0.3) is 0 Å². The van der Waals surface area contributed by atoms with Gasteiger partial charge in [-0.3, -0.25) is 4.90 Å². The maximum absolute atomic E-state index is 3.41. The van der Waals surface area contributed by atoms with E-state index in [9.17, 15) is 0 Å². The standard InChI is InChI=1S/C15H22N2/c1-2-3-13-10-17(11-13)9-12-4-5-14-7-16-8-15(14)6-12/h4-6,13,16H,2-3,7-11H2,1H3. The highest BCUT2D eigenvalue weighted by molar-refractivity contribution is 5.34. The van der Waals surface area contributed by atoms with Gasteiger partial charge in [0, 0.05) is 32.7 Å². The molecule has 2 aliphatic heterocycles. The first-order valence-corrected chi connectivity index (χ1v) is 6.89. The van der Waals surface area contributed by atoms with E-state index in [4.69, 9.17) is 0 Å². The Morgan fingerprint density at radius 1 is 1.24 bits per heavy atom. The molecule has 0 saturated carbocycles. The number of fused-ring (bicyclic) bond motifs is 1. The zero-order valence-electron chi connectivity index (χ0n) is 10.7. The maximum atomic E-state index is 3.41. The second kappa shape index (κ2) is 4.79. The van der Waals surface area contributed by atoms with Crippen LogP contribution in [0.2, 0.25) is 0 Å². The molecule has 2 aliphatic rings. The van der Waals surface area contributed by atoms with Crippen molar-refractivity contribution in [3.8, 4) is 0 Å². The van der Waals surface area contributed by atoms with Crippen molar-refractivity contribution in [3.05, 3.63) is 34.9 Å². The zero-order valence-corrected chi connectivity index (χ0v) is 10.7. The Balaban J connectivity index is 1.56. The first-order chi connectivity index (χ1) is 8.35. The lowest BCUT2D eigenvalue weighted by Crippen LogP contribution is -2.45. The third-order valence-electron chi connectivity index (χ3n) is 4.04. The third-order valence-corrected chi connectivity index (χ3v) is 4.04. The predicted molar refractivity (Wildman–Crippen MR) is 70.7 cm³/mol. The van der Waals surface area contributed by atoms with E-state index in [1.165, 1.54) is 42.6 Å². The summed E-state index contributed by atoms with van der Waals surface area (Å²) in [6.07, 6.45) is 2.74. The Labute approximate surface area is 104 Å². The molecule has 2 nitrogen and oxygen atoms in total. The van der Waals surface area contributed by atoms with E-state index in [1.807, 2.05) is 0 Å². The van der Waals surface area contributed by atoms with Crippen molar-refractivity contribution >= 4 is 0 Å². The molecule has 0 aromatic heterocycles. The number of nitrogens with one attached hydrogen (secondary N) is 1. The number of benzene rings is 1. The lowest BCUT2D eigenvalue weighted by atomic mass is 9.94. The average Bonchev–Trinajstić information content (AvgIpc) is 2.73. The van der Waals surface area contributed by atoms with Crippen molar-refractivity contribution in [1.29, 1.82) is 0 Å². The molecule has 1 aromatic carbocycles. The summed E-state index contributed by atoms with van der Waals surface area (Å²) in [6.45, 7) is 8.16. The van der Waals surface area contributed by atoms with Gasteiger partial charge in [-0.05, 0) is 29.0 Å². The van der Waals surface area contributed by atoms with Crippen LogP contribution in [-0.4, -0.2) is 18.0 Å². The Kier molecular flexibility index (Phi) is 3.17. The molecular weight excluding hydrogens is 208 g/mol. The normalized spacial score (nSPS) is 20.3. The summed E-state index contributed by atoms with van der Waals surface area (Å²) in [6, 6.07) is 7.00. The number of rotatable bonds is 4. The Morgan fingerprint density at radius 3 is 2.88 bits per heavy atom. The topological polar surface area (TPSA) is 15.3 Å². The molecule has 0 amide bonds. The Morgan fingerprint density at radius 2 is 2.06 bits per heavy atom. The van der Waals surface area contributed by atoms with Gasteiger partial charge >= 0.3 is 0 Å². The molecule has 0 aliphatic carbocycles. The number of nitrogens with zero attached hydrogens (tertiary/aromatic N) is 1. The molecule has 2 heteroatoms. The number of hydrogen-bond acceptors (Lipinski definition) is 2. The first-order valence-electron chi connectivity index (χ1n) is 6.89. The zero-order chi connectivity index (χ0) is 11.7. The molecule has 1 aromatic rings. The fourth-order valence-corrected chi connectivity index (χ4v) is 3.10. The molecule has 1 saturated heterocycles. The summed E-state index contributed by atoms with van der Waals surface area (Å²) in [5.41, 5.74) is 4.48. The SMILES string of the molecule is CCCC1CN(Cc2ccc3c(c2)CNC3)C1. The van der Waals surface area contributed by atoms with Crippen molar-refractivity contribution in [3.63, 3.8) is 0 Å². The van der Waals surface area contributed by atoms with Crippen LogP contribution in [0.5, 0.6) is 0 Å². The van der Waals surface area contributed by atoms with Crippen molar-refractivity contribution in [1.82, 2.24) is 10.2 Å². The summed E-state index contributed by atoms with van der Waals surface area (Å²) in [5, 5.41) is 3.41. The lowest BCUT2D eigenvalue weighted by molar-refractivity contribution is 0.0859. The van der Waals surface area contributed by atoms with Gasteiger partial charge in [-0.25, -0.2) is 0 Å². The minimum atomic E-state index is 0.969. The molecule has 92 valence electrons. The van der Waals surface area contributed by atoms with Crippen LogP contribution >= 0.6 is 0 Å². The molecule has 3 rings (SSSR count). The van der Waals surface area contributed by atoms with E-state index >= 15 is 0 Å². The smallest absolute Gasteiger partial charge is 0.0234 e. The molecule has 0 atom stereocenters. The molecule has 0 bridgehead atoms. The van der Waals surface area contributed by atoms with Crippen LogP contribution in [0, 0.1) is 5.92 Å². The second-order valence-electron chi connectivity index (χ2n) is 5.56. The van der Waals surface area contributed by atoms with Crippen LogP contribution < -0.4 is 5.32 Å². The molecule has 17 heavy (non-hydrogen) atoms. The highest BCUT2D eigenvalue weighted by atomic mass is 15.2. The van der Waals surface area contributed by atoms with Gasteiger partial charge in [0.15, 0.2) is 0 Å². The third kappa shape index (κ3) is 2.38. The van der Waals surface area contributed by atoms with E-state index in [1.54, 1.807) is 0 Å².